The number of benzene rings is 1. The summed E-state index contributed by atoms with van der Waals surface area (Å²) in [6, 6.07) is 9.11. The highest BCUT2D eigenvalue weighted by atomic mass is 16.5. The number of rotatable bonds is 3. The molecule has 0 saturated heterocycles. The zero-order valence-electron chi connectivity index (χ0n) is 14.2. The highest BCUT2D eigenvalue weighted by Gasteiger charge is 2.24. The van der Waals surface area contributed by atoms with Crippen molar-refractivity contribution in [3.63, 3.8) is 0 Å². The van der Waals surface area contributed by atoms with E-state index in [1.807, 2.05) is 18.2 Å². The lowest BCUT2D eigenvalue weighted by molar-refractivity contribution is 0.0702. The van der Waals surface area contributed by atoms with Crippen LogP contribution >= 0.6 is 0 Å². The molecule has 3 aromatic rings. The standard InChI is InChI=1S/C19H17N3O4/c1-12-16(10-20-26-12)18(23)21-15-5-4-13-6-7-22(11-14(13)9-15)19(24)17-3-2-8-25-17/h2-5,8-10H,6-7,11H2,1H3,(H,21,23). The van der Waals surface area contributed by atoms with Crippen molar-refractivity contribution < 1.29 is 18.5 Å². The van der Waals surface area contributed by atoms with Crippen molar-refractivity contribution in [3.8, 4) is 0 Å². The summed E-state index contributed by atoms with van der Waals surface area (Å²) in [7, 11) is 0. The van der Waals surface area contributed by atoms with E-state index in [-0.39, 0.29) is 11.8 Å². The summed E-state index contributed by atoms with van der Waals surface area (Å²) in [6.45, 7) is 2.80. The van der Waals surface area contributed by atoms with Gasteiger partial charge in [-0.2, -0.15) is 0 Å². The lowest BCUT2D eigenvalue weighted by atomic mass is 9.98. The number of hydrogen-bond acceptors (Lipinski definition) is 5. The molecule has 1 aromatic carbocycles. The first-order chi connectivity index (χ1) is 12.6. The minimum absolute atomic E-state index is 0.129. The van der Waals surface area contributed by atoms with Crippen LogP contribution in [0.3, 0.4) is 0 Å². The van der Waals surface area contributed by atoms with Gasteiger partial charge in [-0.05, 0) is 48.7 Å². The molecule has 7 heteroatoms. The molecule has 0 atom stereocenters. The van der Waals surface area contributed by atoms with E-state index in [4.69, 9.17) is 8.94 Å². The van der Waals surface area contributed by atoms with Crippen LogP contribution < -0.4 is 5.32 Å². The maximum Gasteiger partial charge on any atom is 0.289 e. The van der Waals surface area contributed by atoms with Gasteiger partial charge in [-0.25, -0.2) is 0 Å². The molecule has 1 N–H and O–H groups in total. The zero-order chi connectivity index (χ0) is 18.1. The Morgan fingerprint density at radius 2 is 2.12 bits per heavy atom. The molecule has 0 spiro atoms. The number of nitrogens with zero attached hydrogens (tertiary/aromatic N) is 2. The molecule has 0 aliphatic carbocycles. The van der Waals surface area contributed by atoms with E-state index < -0.39 is 0 Å². The molecule has 0 fully saturated rings. The largest absolute Gasteiger partial charge is 0.459 e. The summed E-state index contributed by atoms with van der Waals surface area (Å²) in [5.41, 5.74) is 3.25. The SMILES string of the molecule is Cc1oncc1C(=O)Nc1ccc2c(c1)CN(C(=O)c1ccco1)CC2. The fourth-order valence-corrected chi connectivity index (χ4v) is 3.08. The average molecular weight is 351 g/mol. The molecular weight excluding hydrogens is 334 g/mol. The molecule has 7 nitrogen and oxygen atoms in total. The van der Waals surface area contributed by atoms with E-state index >= 15 is 0 Å². The molecule has 1 aliphatic heterocycles. The van der Waals surface area contributed by atoms with Crippen LogP contribution in [0.25, 0.3) is 0 Å². The van der Waals surface area contributed by atoms with Crippen LogP contribution in [0.1, 0.15) is 37.8 Å². The number of hydrogen-bond donors (Lipinski definition) is 1. The van der Waals surface area contributed by atoms with Crippen LogP contribution in [0.15, 0.2) is 51.7 Å². The summed E-state index contributed by atoms with van der Waals surface area (Å²) in [4.78, 5) is 26.5. The topological polar surface area (TPSA) is 88.6 Å². The normalized spacial score (nSPS) is 13.3. The van der Waals surface area contributed by atoms with Crippen LogP contribution in [0.4, 0.5) is 5.69 Å². The highest BCUT2D eigenvalue weighted by Crippen LogP contribution is 2.24. The zero-order valence-corrected chi connectivity index (χ0v) is 14.2. The fraction of sp³-hybridized carbons (Fsp3) is 0.211. The maximum atomic E-state index is 12.5. The van der Waals surface area contributed by atoms with Crippen molar-refractivity contribution in [2.75, 3.05) is 11.9 Å². The quantitative estimate of drug-likeness (QED) is 0.783. The van der Waals surface area contributed by atoms with Crippen molar-refractivity contribution in [1.29, 1.82) is 0 Å². The molecular formula is C19H17N3O4. The first-order valence-electron chi connectivity index (χ1n) is 8.29. The monoisotopic (exact) mass is 351 g/mol. The molecule has 0 radical (unpaired) electrons. The van der Waals surface area contributed by atoms with Crippen LogP contribution in [-0.4, -0.2) is 28.4 Å². The van der Waals surface area contributed by atoms with Gasteiger partial charge in [-0.15, -0.1) is 0 Å². The lowest BCUT2D eigenvalue weighted by Gasteiger charge is -2.28. The van der Waals surface area contributed by atoms with E-state index in [1.54, 1.807) is 24.0 Å². The summed E-state index contributed by atoms with van der Waals surface area (Å²) in [6.07, 6.45) is 3.65. The van der Waals surface area contributed by atoms with E-state index in [2.05, 4.69) is 10.5 Å². The Hall–Kier alpha value is -3.35. The minimum Gasteiger partial charge on any atom is -0.459 e. The molecule has 0 bridgehead atoms. The van der Waals surface area contributed by atoms with E-state index in [9.17, 15) is 9.59 Å². The fourth-order valence-electron chi connectivity index (χ4n) is 3.08. The average Bonchev–Trinajstić information content (AvgIpc) is 3.32. The lowest BCUT2D eigenvalue weighted by Crippen LogP contribution is -2.35. The Morgan fingerprint density at radius 1 is 1.23 bits per heavy atom. The number of fused-ring (bicyclic) bond motifs is 1. The van der Waals surface area contributed by atoms with Crippen LogP contribution in [0.2, 0.25) is 0 Å². The molecule has 2 aromatic heterocycles. The number of amides is 2. The second-order valence-electron chi connectivity index (χ2n) is 6.19. The number of anilines is 1. The van der Waals surface area contributed by atoms with Gasteiger partial charge in [0, 0.05) is 18.8 Å². The molecule has 3 heterocycles. The Kier molecular flexibility index (Phi) is 4.04. The van der Waals surface area contributed by atoms with E-state index in [1.165, 1.54) is 18.0 Å². The van der Waals surface area contributed by atoms with Gasteiger partial charge < -0.3 is 19.2 Å². The van der Waals surface area contributed by atoms with Gasteiger partial charge in [-0.3, -0.25) is 9.59 Å². The molecule has 0 unspecified atom stereocenters. The van der Waals surface area contributed by atoms with Gasteiger partial charge in [0.05, 0.1) is 12.5 Å². The van der Waals surface area contributed by atoms with Gasteiger partial charge >= 0.3 is 0 Å². The molecule has 4 rings (SSSR count). The molecule has 1 aliphatic rings. The number of nitrogens with one attached hydrogen (secondary N) is 1. The Balaban J connectivity index is 1.52. The second-order valence-corrected chi connectivity index (χ2v) is 6.19. The molecule has 132 valence electrons. The smallest absolute Gasteiger partial charge is 0.289 e. The first kappa shape index (κ1) is 16.1. The number of furan rings is 1. The molecule has 2 amide bonds. The highest BCUT2D eigenvalue weighted by molar-refractivity contribution is 6.04. The van der Waals surface area contributed by atoms with Crippen molar-refractivity contribution in [3.05, 3.63) is 71.0 Å². The number of aromatic nitrogens is 1. The van der Waals surface area contributed by atoms with Gasteiger partial charge in [0.2, 0.25) is 0 Å². The minimum atomic E-state index is -0.275. The third-order valence-electron chi connectivity index (χ3n) is 4.49. The predicted molar refractivity (Wildman–Crippen MR) is 92.8 cm³/mol. The van der Waals surface area contributed by atoms with Crippen molar-refractivity contribution in [2.24, 2.45) is 0 Å². The van der Waals surface area contributed by atoms with Crippen molar-refractivity contribution in [2.45, 2.75) is 19.9 Å². The summed E-state index contributed by atoms with van der Waals surface area (Å²) in [5, 5.41) is 6.47. The predicted octanol–water partition coefficient (Wildman–Crippen LogP) is 3.03. The summed E-state index contributed by atoms with van der Waals surface area (Å²) in [5.74, 6) is 0.398. The van der Waals surface area contributed by atoms with Gasteiger partial charge in [0.1, 0.15) is 11.3 Å². The molecule has 0 saturated carbocycles. The number of carbonyl (C=O) groups excluding carboxylic acids is 2. The van der Waals surface area contributed by atoms with E-state index in [0.29, 0.717) is 35.9 Å². The maximum absolute atomic E-state index is 12.5. The van der Waals surface area contributed by atoms with Gasteiger partial charge in [-0.1, -0.05) is 11.2 Å². The van der Waals surface area contributed by atoms with Crippen molar-refractivity contribution >= 4 is 17.5 Å². The molecule has 26 heavy (non-hydrogen) atoms. The van der Waals surface area contributed by atoms with Crippen LogP contribution in [0.5, 0.6) is 0 Å². The van der Waals surface area contributed by atoms with Gasteiger partial charge in [0.25, 0.3) is 11.8 Å². The van der Waals surface area contributed by atoms with Crippen LogP contribution in [0, 0.1) is 6.92 Å². The third kappa shape index (κ3) is 2.99. The van der Waals surface area contributed by atoms with E-state index in [0.717, 1.165) is 12.0 Å². The first-order valence-corrected chi connectivity index (χ1v) is 8.29. The van der Waals surface area contributed by atoms with Crippen molar-refractivity contribution in [1.82, 2.24) is 10.1 Å². The summed E-state index contributed by atoms with van der Waals surface area (Å²) >= 11 is 0. The second kappa shape index (κ2) is 6.51. The summed E-state index contributed by atoms with van der Waals surface area (Å²) < 4.78 is 10.1. The van der Waals surface area contributed by atoms with Gasteiger partial charge in [0.15, 0.2) is 5.76 Å². The Bertz CT molecular complexity index is 959. The third-order valence-corrected chi connectivity index (χ3v) is 4.49. The number of aryl methyl sites for hydroxylation is 1. The Morgan fingerprint density at radius 3 is 2.85 bits per heavy atom. The number of carbonyl (C=O) groups is 2. The van der Waals surface area contributed by atoms with Crippen LogP contribution in [-0.2, 0) is 13.0 Å². The Labute approximate surface area is 149 Å².